The normalized spacial score (nSPS) is 10.3. The molecule has 2 N–H and O–H groups in total. The summed E-state index contributed by atoms with van der Waals surface area (Å²) in [6, 6.07) is 18.3. The van der Waals surface area contributed by atoms with Crippen LogP contribution in [0.3, 0.4) is 0 Å². The van der Waals surface area contributed by atoms with Gasteiger partial charge in [0, 0.05) is 13.1 Å². The second-order valence-corrected chi connectivity index (χ2v) is 7.90. The molecule has 2 nitrogen and oxygen atoms in total. The van der Waals surface area contributed by atoms with E-state index in [1.54, 1.807) is 0 Å². The second kappa shape index (κ2) is 18.7. The predicted molar refractivity (Wildman–Crippen MR) is 137 cm³/mol. The Kier molecular flexibility index (Phi) is 18.0. The van der Waals surface area contributed by atoms with Gasteiger partial charge in [0.2, 0.25) is 0 Å². The van der Waals surface area contributed by atoms with Crippen molar-refractivity contribution in [1.29, 1.82) is 0 Å². The van der Waals surface area contributed by atoms with Crippen LogP contribution in [0.25, 0.3) is 0 Å². The van der Waals surface area contributed by atoms with Crippen LogP contribution in [0.5, 0.6) is 0 Å². The van der Waals surface area contributed by atoms with Gasteiger partial charge < -0.3 is 10.6 Å². The molecule has 0 unspecified atom stereocenters. The standard InChI is InChI=1S/C26H40N2.2ClH/c1-3-5-7-19-27-21-25-15-11-23(12-16-25)9-10-24-13-17-26(18-14-24)22-28-20-8-6-4-2;;/h11-18,27-28H,3-10,19-22H2,1-2H3;2*1H. The van der Waals surface area contributed by atoms with Gasteiger partial charge in [-0.2, -0.15) is 0 Å². The third kappa shape index (κ3) is 12.6. The van der Waals surface area contributed by atoms with Crippen molar-refractivity contribution in [2.75, 3.05) is 13.1 Å². The van der Waals surface area contributed by atoms with E-state index in [-0.39, 0.29) is 24.8 Å². The fourth-order valence-electron chi connectivity index (χ4n) is 3.40. The van der Waals surface area contributed by atoms with Crippen molar-refractivity contribution in [2.45, 2.75) is 78.3 Å². The van der Waals surface area contributed by atoms with E-state index >= 15 is 0 Å². The molecule has 30 heavy (non-hydrogen) atoms. The number of halogens is 2. The van der Waals surface area contributed by atoms with E-state index in [0.29, 0.717) is 0 Å². The van der Waals surface area contributed by atoms with Gasteiger partial charge in [0.25, 0.3) is 0 Å². The van der Waals surface area contributed by atoms with E-state index in [4.69, 9.17) is 0 Å². The highest BCUT2D eigenvalue weighted by atomic mass is 35.5. The van der Waals surface area contributed by atoms with Crippen molar-refractivity contribution in [2.24, 2.45) is 0 Å². The first-order chi connectivity index (χ1) is 13.8. The molecule has 0 aliphatic carbocycles. The van der Waals surface area contributed by atoms with Crippen molar-refractivity contribution in [1.82, 2.24) is 10.6 Å². The first-order valence-electron chi connectivity index (χ1n) is 11.4. The fourth-order valence-corrected chi connectivity index (χ4v) is 3.40. The van der Waals surface area contributed by atoms with E-state index in [9.17, 15) is 0 Å². The lowest BCUT2D eigenvalue weighted by molar-refractivity contribution is 0.616. The van der Waals surface area contributed by atoms with Crippen molar-refractivity contribution >= 4 is 24.8 Å². The molecule has 0 spiro atoms. The van der Waals surface area contributed by atoms with Crippen molar-refractivity contribution in [3.05, 3.63) is 70.8 Å². The number of hydrogen-bond acceptors (Lipinski definition) is 2. The zero-order chi connectivity index (χ0) is 19.9. The average Bonchev–Trinajstić information content (AvgIpc) is 2.74. The van der Waals surface area contributed by atoms with Crippen LogP contribution in [-0.4, -0.2) is 13.1 Å². The smallest absolute Gasteiger partial charge is 0.0205 e. The highest BCUT2D eigenvalue weighted by molar-refractivity contribution is 5.85. The lowest BCUT2D eigenvalue weighted by Gasteiger charge is -2.08. The molecular weight excluding hydrogens is 411 g/mol. The molecular formula is C26H42Cl2N2. The highest BCUT2D eigenvalue weighted by Crippen LogP contribution is 2.11. The van der Waals surface area contributed by atoms with Gasteiger partial charge in [-0.25, -0.2) is 0 Å². The Morgan fingerprint density at radius 1 is 0.500 bits per heavy atom. The van der Waals surface area contributed by atoms with Gasteiger partial charge in [-0.05, 0) is 61.0 Å². The van der Waals surface area contributed by atoms with Crippen molar-refractivity contribution < 1.29 is 0 Å². The van der Waals surface area contributed by atoms with Crippen LogP contribution in [0.4, 0.5) is 0 Å². The zero-order valence-electron chi connectivity index (χ0n) is 18.9. The summed E-state index contributed by atoms with van der Waals surface area (Å²) in [5, 5.41) is 7.08. The van der Waals surface area contributed by atoms with E-state index < -0.39 is 0 Å². The minimum atomic E-state index is 0. The maximum Gasteiger partial charge on any atom is 0.0205 e. The molecule has 170 valence electrons. The third-order valence-corrected chi connectivity index (χ3v) is 5.32. The SMILES string of the molecule is CCCCCNCc1ccc(CCc2ccc(CNCCCCC)cc2)cc1.Cl.Cl. The molecule has 0 saturated carbocycles. The predicted octanol–water partition coefficient (Wildman–Crippen LogP) is 6.88. The van der Waals surface area contributed by atoms with Crippen LogP contribution in [0.1, 0.15) is 74.6 Å². The summed E-state index contributed by atoms with van der Waals surface area (Å²) in [6.07, 6.45) is 10.00. The molecule has 2 aromatic carbocycles. The van der Waals surface area contributed by atoms with E-state index in [1.165, 1.54) is 60.8 Å². The van der Waals surface area contributed by atoms with Gasteiger partial charge in [-0.15, -0.1) is 24.8 Å². The number of aryl methyl sites for hydroxylation is 2. The maximum atomic E-state index is 3.54. The average molecular weight is 454 g/mol. The largest absolute Gasteiger partial charge is 0.313 e. The minimum absolute atomic E-state index is 0. The number of hydrogen-bond donors (Lipinski definition) is 2. The summed E-state index contributed by atoms with van der Waals surface area (Å²) in [5.41, 5.74) is 5.62. The van der Waals surface area contributed by atoms with Crippen LogP contribution in [-0.2, 0) is 25.9 Å². The molecule has 2 rings (SSSR count). The molecule has 0 amide bonds. The maximum absolute atomic E-state index is 3.54. The summed E-state index contributed by atoms with van der Waals surface area (Å²) in [4.78, 5) is 0. The molecule has 0 fully saturated rings. The van der Waals surface area contributed by atoms with Crippen molar-refractivity contribution in [3.63, 3.8) is 0 Å². The lowest BCUT2D eigenvalue weighted by atomic mass is 10.0. The van der Waals surface area contributed by atoms with E-state index in [1.807, 2.05) is 0 Å². The van der Waals surface area contributed by atoms with Crippen LogP contribution in [0, 0.1) is 0 Å². The highest BCUT2D eigenvalue weighted by Gasteiger charge is 1.99. The molecule has 0 atom stereocenters. The monoisotopic (exact) mass is 452 g/mol. The fraction of sp³-hybridized carbons (Fsp3) is 0.538. The minimum Gasteiger partial charge on any atom is -0.313 e. The number of rotatable bonds is 15. The number of unbranched alkanes of at least 4 members (excludes halogenated alkanes) is 4. The molecule has 0 bridgehead atoms. The molecule has 0 heterocycles. The van der Waals surface area contributed by atoms with Crippen molar-refractivity contribution in [3.8, 4) is 0 Å². The molecule has 2 aromatic rings. The molecule has 0 aliphatic heterocycles. The lowest BCUT2D eigenvalue weighted by Crippen LogP contribution is -2.14. The van der Waals surface area contributed by atoms with Gasteiger partial charge in [0.15, 0.2) is 0 Å². The van der Waals surface area contributed by atoms with Crippen LogP contribution >= 0.6 is 24.8 Å². The van der Waals surface area contributed by atoms with Crippen LogP contribution in [0.15, 0.2) is 48.5 Å². The zero-order valence-corrected chi connectivity index (χ0v) is 20.6. The molecule has 0 aromatic heterocycles. The quantitative estimate of drug-likeness (QED) is 0.287. The summed E-state index contributed by atoms with van der Waals surface area (Å²) >= 11 is 0. The molecule has 4 heteroatoms. The van der Waals surface area contributed by atoms with Gasteiger partial charge in [0.1, 0.15) is 0 Å². The number of nitrogens with one attached hydrogen (secondary N) is 2. The first kappa shape index (κ1) is 28.9. The molecule has 0 radical (unpaired) electrons. The Morgan fingerprint density at radius 3 is 1.17 bits per heavy atom. The van der Waals surface area contributed by atoms with E-state index in [0.717, 1.165) is 39.0 Å². The summed E-state index contributed by atoms with van der Waals surface area (Å²) in [6.45, 7) is 8.72. The Labute approximate surface area is 197 Å². The Hall–Kier alpha value is -1.06. The van der Waals surface area contributed by atoms with E-state index in [2.05, 4.69) is 73.0 Å². The van der Waals surface area contributed by atoms with Crippen LogP contribution < -0.4 is 10.6 Å². The second-order valence-electron chi connectivity index (χ2n) is 7.90. The number of benzene rings is 2. The summed E-state index contributed by atoms with van der Waals surface area (Å²) in [5.74, 6) is 0. The van der Waals surface area contributed by atoms with Crippen LogP contribution in [0.2, 0.25) is 0 Å². The van der Waals surface area contributed by atoms with Gasteiger partial charge >= 0.3 is 0 Å². The Morgan fingerprint density at radius 2 is 0.833 bits per heavy atom. The third-order valence-electron chi connectivity index (χ3n) is 5.32. The molecule has 0 saturated heterocycles. The molecule has 0 aliphatic rings. The topological polar surface area (TPSA) is 24.1 Å². The van der Waals surface area contributed by atoms with Gasteiger partial charge in [0.05, 0.1) is 0 Å². The van der Waals surface area contributed by atoms with Gasteiger partial charge in [-0.3, -0.25) is 0 Å². The Bertz CT molecular complexity index is 569. The summed E-state index contributed by atoms with van der Waals surface area (Å²) in [7, 11) is 0. The van der Waals surface area contributed by atoms with Gasteiger partial charge in [-0.1, -0.05) is 88.1 Å². The first-order valence-corrected chi connectivity index (χ1v) is 11.4. The summed E-state index contributed by atoms with van der Waals surface area (Å²) < 4.78 is 0. The Balaban J connectivity index is 0.00000420.